The molecule has 0 saturated carbocycles. The fourth-order valence-corrected chi connectivity index (χ4v) is 2.63. The van der Waals surface area contributed by atoms with Crippen LogP contribution < -0.4 is 5.32 Å². The molecular formula is C19H21NO3S. The molecule has 0 atom stereocenters. The van der Waals surface area contributed by atoms with E-state index in [0.717, 1.165) is 11.3 Å². The molecule has 2 aromatic carbocycles. The number of carbonyl (C=O) groups is 2. The Morgan fingerprint density at radius 1 is 1.08 bits per heavy atom. The van der Waals surface area contributed by atoms with Crippen LogP contribution in [0.3, 0.4) is 0 Å². The van der Waals surface area contributed by atoms with Gasteiger partial charge in [0.1, 0.15) is 0 Å². The Kier molecular flexibility index (Phi) is 6.88. The number of esters is 1. The van der Waals surface area contributed by atoms with E-state index in [4.69, 9.17) is 4.74 Å². The fourth-order valence-electron chi connectivity index (χ4n) is 2.22. The number of hydrogen-bond acceptors (Lipinski definition) is 4. The summed E-state index contributed by atoms with van der Waals surface area (Å²) in [6.07, 6.45) is 2.72. The molecule has 0 bridgehead atoms. The van der Waals surface area contributed by atoms with E-state index in [1.165, 1.54) is 11.1 Å². The number of amides is 1. The van der Waals surface area contributed by atoms with Gasteiger partial charge >= 0.3 is 5.97 Å². The number of ether oxygens (including phenoxy) is 1. The van der Waals surface area contributed by atoms with E-state index < -0.39 is 5.97 Å². The third-order valence-electron chi connectivity index (χ3n) is 3.64. The van der Waals surface area contributed by atoms with Gasteiger partial charge in [-0.25, -0.2) is 4.79 Å². The summed E-state index contributed by atoms with van der Waals surface area (Å²) in [6, 6.07) is 15.2. The monoisotopic (exact) mass is 343 g/mol. The molecular weight excluding hydrogens is 322 g/mol. The lowest BCUT2D eigenvalue weighted by atomic mass is 10.1. The standard InChI is InChI=1S/C19H21NO3S/c1-14-5-3-4-6-15(14)11-12-20-18(21)13-23-19(22)16-7-9-17(24-2)10-8-16/h3-10H,11-13H2,1-2H3,(H,20,21). The molecule has 0 unspecified atom stereocenters. The number of carbonyl (C=O) groups excluding carboxylic acids is 2. The average Bonchev–Trinajstić information content (AvgIpc) is 2.61. The predicted molar refractivity (Wildman–Crippen MR) is 96.4 cm³/mol. The number of nitrogens with one attached hydrogen (secondary N) is 1. The SMILES string of the molecule is CSc1ccc(C(=O)OCC(=O)NCCc2ccccc2C)cc1. The van der Waals surface area contributed by atoms with Gasteiger partial charge in [-0.05, 0) is 55.0 Å². The number of rotatable bonds is 7. The quantitative estimate of drug-likeness (QED) is 0.619. The third kappa shape index (κ3) is 5.42. The van der Waals surface area contributed by atoms with Crippen molar-refractivity contribution in [2.24, 2.45) is 0 Å². The van der Waals surface area contributed by atoms with Crippen LogP contribution in [0.15, 0.2) is 53.4 Å². The van der Waals surface area contributed by atoms with Gasteiger partial charge < -0.3 is 10.1 Å². The molecule has 126 valence electrons. The summed E-state index contributed by atoms with van der Waals surface area (Å²) in [7, 11) is 0. The van der Waals surface area contributed by atoms with Crippen LogP contribution in [0.4, 0.5) is 0 Å². The maximum absolute atomic E-state index is 11.9. The first-order valence-corrected chi connectivity index (χ1v) is 8.95. The highest BCUT2D eigenvalue weighted by Crippen LogP contribution is 2.15. The van der Waals surface area contributed by atoms with Gasteiger partial charge in [-0.3, -0.25) is 4.79 Å². The zero-order valence-electron chi connectivity index (χ0n) is 13.9. The molecule has 0 saturated heterocycles. The highest BCUT2D eigenvalue weighted by molar-refractivity contribution is 7.98. The maximum atomic E-state index is 11.9. The van der Waals surface area contributed by atoms with Gasteiger partial charge in [0.15, 0.2) is 6.61 Å². The van der Waals surface area contributed by atoms with E-state index in [9.17, 15) is 9.59 Å². The van der Waals surface area contributed by atoms with E-state index in [2.05, 4.69) is 5.32 Å². The van der Waals surface area contributed by atoms with Gasteiger partial charge in [0.05, 0.1) is 5.56 Å². The normalized spacial score (nSPS) is 10.2. The minimum absolute atomic E-state index is 0.267. The van der Waals surface area contributed by atoms with E-state index in [1.807, 2.05) is 49.6 Å². The van der Waals surface area contributed by atoms with Crippen LogP contribution in [0.1, 0.15) is 21.5 Å². The topological polar surface area (TPSA) is 55.4 Å². The Labute approximate surface area is 146 Å². The molecule has 2 rings (SSSR count). The second-order valence-corrected chi connectivity index (χ2v) is 6.21. The smallest absolute Gasteiger partial charge is 0.338 e. The number of benzene rings is 2. The van der Waals surface area contributed by atoms with Crippen molar-refractivity contribution in [1.82, 2.24) is 5.32 Å². The van der Waals surface area contributed by atoms with Gasteiger partial charge in [0, 0.05) is 11.4 Å². The molecule has 0 aliphatic carbocycles. The summed E-state index contributed by atoms with van der Waals surface area (Å²) in [4.78, 5) is 24.7. The van der Waals surface area contributed by atoms with Gasteiger partial charge in [0.25, 0.3) is 5.91 Å². The summed E-state index contributed by atoms with van der Waals surface area (Å²) < 4.78 is 5.03. The second-order valence-electron chi connectivity index (χ2n) is 5.33. The van der Waals surface area contributed by atoms with E-state index >= 15 is 0 Å². The van der Waals surface area contributed by atoms with Crippen LogP contribution in [0.2, 0.25) is 0 Å². The first-order chi connectivity index (χ1) is 11.6. The predicted octanol–water partition coefficient (Wildman–Crippen LogP) is 3.23. The van der Waals surface area contributed by atoms with Crippen LogP contribution in [-0.2, 0) is 16.0 Å². The largest absolute Gasteiger partial charge is 0.452 e. The lowest BCUT2D eigenvalue weighted by Crippen LogP contribution is -2.30. The molecule has 1 amide bonds. The fraction of sp³-hybridized carbons (Fsp3) is 0.263. The first-order valence-electron chi connectivity index (χ1n) is 7.72. The zero-order valence-corrected chi connectivity index (χ0v) is 14.7. The molecule has 0 fully saturated rings. The summed E-state index contributed by atoms with van der Waals surface area (Å²) in [6.45, 7) is 2.29. The van der Waals surface area contributed by atoms with Crippen LogP contribution in [0, 0.1) is 6.92 Å². The van der Waals surface area contributed by atoms with Crippen LogP contribution >= 0.6 is 11.8 Å². The maximum Gasteiger partial charge on any atom is 0.338 e. The zero-order chi connectivity index (χ0) is 17.4. The highest BCUT2D eigenvalue weighted by atomic mass is 32.2. The number of hydrogen-bond donors (Lipinski definition) is 1. The minimum Gasteiger partial charge on any atom is -0.452 e. The van der Waals surface area contributed by atoms with Crippen LogP contribution in [-0.4, -0.2) is 31.3 Å². The molecule has 0 heterocycles. The van der Waals surface area contributed by atoms with Crippen molar-refractivity contribution in [3.8, 4) is 0 Å². The van der Waals surface area contributed by atoms with Crippen molar-refractivity contribution < 1.29 is 14.3 Å². The van der Waals surface area contributed by atoms with Gasteiger partial charge in [-0.2, -0.15) is 0 Å². The average molecular weight is 343 g/mol. The highest BCUT2D eigenvalue weighted by Gasteiger charge is 2.10. The Morgan fingerprint density at radius 2 is 1.79 bits per heavy atom. The van der Waals surface area contributed by atoms with Crippen molar-refractivity contribution in [2.45, 2.75) is 18.2 Å². The minimum atomic E-state index is -0.489. The van der Waals surface area contributed by atoms with Crippen LogP contribution in [0.5, 0.6) is 0 Å². The molecule has 0 spiro atoms. The van der Waals surface area contributed by atoms with Gasteiger partial charge in [-0.1, -0.05) is 24.3 Å². The molecule has 1 N–H and O–H groups in total. The van der Waals surface area contributed by atoms with Gasteiger partial charge in [-0.15, -0.1) is 11.8 Å². The van der Waals surface area contributed by atoms with Crippen molar-refractivity contribution in [1.29, 1.82) is 0 Å². The summed E-state index contributed by atoms with van der Waals surface area (Å²) >= 11 is 1.60. The second kappa shape index (κ2) is 9.13. The molecule has 2 aromatic rings. The molecule has 5 heteroatoms. The third-order valence-corrected chi connectivity index (χ3v) is 4.38. The molecule has 0 radical (unpaired) electrons. The summed E-state index contributed by atoms with van der Waals surface area (Å²) in [5.74, 6) is -0.783. The molecule has 4 nitrogen and oxygen atoms in total. The molecule has 0 aliphatic heterocycles. The lowest BCUT2D eigenvalue weighted by molar-refractivity contribution is -0.124. The molecule has 24 heavy (non-hydrogen) atoms. The van der Waals surface area contributed by atoms with E-state index in [1.54, 1.807) is 23.9 Å². The van der Waals surface area contributed by atoms with Crippen molar-refractivity contribution in [3.05, 3.63) is 65.2 Å². The molecule has 0 aliphatic rings. The summed E-state index contributed by atoms with van der Waals surface area (Å²) in [5.41, 5.74) is 2.84. The van der Waals surface area contributed by atoms with Crippen molar-refractivity contribution in [2.75, 3.05) is 19.4 Å². The Morgan fingerprint density at radius 3 is 2.46 bits per heavy atom. The van der Waals surface area contributed by atoms with E-state index in [-0.39, 0.29) is 12.5 Å². The van der Waals surface area contributed by atoms with Crippen LogP contribution in [0.25, 0.3) is 0 Å². The van der Waals surface area contributed by atoms with Crippen molar-refractivity contribution >= 4 is 23.6 Å². The van der Waals surface area contributed by atoms with E-state index in [0.29, 0.717) is 12.1 Å². The Bertz CT molecular complexity index is 698. The molecule has 0 aromatic heterocycles. The first kappa shape index (κ1) is 18.1. The summed E-state index contributed by atoms with van der Waals surface area (Å²) in [5, 5.41) is 2.76. The Hall–Kier alpha value is -2.27. The lowest BCUT2D eigenvalue weighted by Gasteiger charge is -2.08. The Balaban J connectivity index is 1.72. The van der Waals surface area contributed by atoms with Crippen molar-refractivity contribution in [3.63, 3.8) is 0 Å². The van der Waals surface area contributed by atoms with Gasteiger partial charge in [0.2, 0.25) is 0 Å². The number of thioether (sulfide) groups is 1. The number of aryl methyl sites for hydroxylation is 1.